The molecule has 1 rings (SSSR count). The van der Waals surface area contributed by atoms with Crippen molar-refractivity contribution in [2.24, 2.45) is 0 Å². The van der Waals surface area contributed by atoms with Crippen LogP contribution in [0.5, 0.6) is 0 Å². The Morgan fingerprint density at radius 3 is 2.72 bits per heavy atom. The minimum Gasteiger partial charge on any atom is -0.462 e. The first kappa shape index (κ1) is 14.7. The number of esters is 1. The molecule has 1 aromatic rings. The fourth-order valence-electron chi connectivity index (χ4n) is 1.27. The van der Waals surface area contributed by atoms with Crippen molar-refractivity contribution < 1.29 is 19.1 Å². The number of ether oxygens (including phenoxy) is 2. The third-order valence-electron chi connectivity index (χ3n) is 2.35. The van der Waals surface area contributed by atoms with Crippen LogP contribution in [0.2, 0.25) is 0 Å². The van der Waals surface area contributed by atoms with E-state index in [1.165, 1.54) is 18.4 Å². The molecule has 0 aromatic carbocycles. The third kappa shape index (κ3) is 3.54. The highest BCUT2D eigenvalue weighted by molar-refractivity contribution is 7.18. The quantitative estimate of drug-likeness (QED) is 0.834. The summed E-state index contributed by atoms with van der Waals surface area (Å²) in [5.41, 5.74) is 0.791. The van der Waals surface area contributed by atoms with Crippen LogP contribution < -0.4 is 5.32 Å². The first-order valence-electron chi connectivity index (χ1n) is 5.60. The predicted molar refractivity (Wildman–Crippen MR) is 70.1 cm³/mol. The molecule has 1 atom stereocenters. The van der Waals surface area contributed by atoms with Gasteiger partial charge in [-0.1, -0.05) is 0 Å². The summed E-state index contributed by atoms with van der Waals surface area (Å²) in [6, 6.07) is 1.75. The summed E-state index contributed by atoms with van der Waals surface area (Å²) in [4.78, 5) is 23.7. The van der Waals surface area contributed by atoms with E-state index >= 15 is 0 Å². The summed E-state index contributed by atoms with van der Waals surface area (Å²) < 4.78 is 9.84. The molecular formula is C12H17NO4S. The Hall–Kier alpha value is -1.40. The van der Waals surface area contributed by atoms with Crippen LogP contribution >= 0.6 is 11.3 Å². The second kappa shape index (κ2) is 6.51. The summed E-state index contributed by atoms with van der Waals surface area (Å²) in [7, 11) is 1.47. The SMILES string of the molecule is CCOC(=O)c1sc(NC(=O)C(C)OC)cc1C. The maximum Gasteiger partial charge on any atom is 0.348 e. The highest BCUT2D eigenvalue weighted by Crippen LogP contribution is 2.27. The van der Waals surface area contributed by atoms with Crippen molar-refractivity contribution in [3.63, 3.8) is 0 Å². The molecule has 1 unspecified atom stereocenters. The molecule has 5 nitrogen and oxygen atoms in total. The van der Waals surface area contributed by atoms with Gasteiger partial charge in [0.2, 0.25) is 0 Å². The van der Waals surface area contributed by atoms with E-state index < -0.39 is 6.10 Å². The van der Waals surface area contributed by atoms with Gasteiger partial charge in [0, 0.05) is 7.11 Å². The molecule has 0 aliphatic carbocycles. The number of aryl methyl sites for hydroxylation is 1. The van der Waals surface area contributed by atoms with Crippen LogP contribution in [0, 0.1) is 6.92 Å². The topological polar surface area (TPSA) is 64.6 Å². The van der Waals surface area contributed by atoms with Gasteiger partial charge in [-0.2, -0.15) is 0 Å². The van der Waals surface area contributed by atoms with Crippen molar-refractivity contribution in [1.29, 1.82) is 0 Å². The summed E-state index contributed by atoms with van der Waals surface area (Å²) in [6.45, 7) is 5.54. The van der Waals surface area contributed by atoms with Gasteiger partial charge in [0.05, 0.1) is 11.6 Å². The molecule has 0 saturated heterocycles. The zero-order chi connectivity index (χ0) is 13.7. The molecule has 0 spiro atoms. The van der Waals surface area contributed by atoms with Gasteiger partial charge in [0.1, 0.15) is 11.0 Å². The molecule has 6 heteroatoms. The van der Waals surface area contributed by atoms with Gasteiger partial charge < -0.3 is 14.8 Å². The molecule has 0 radical (unpaired) electrons. The van der Waals surface area contributed by atoms with Crippen LogP contribution in [0.1, 0.15) is 29.1 Å². The number of carbonyl (C=O) groups excluding carboxylic acids is 2. The van der Waals surface area contributed by atoms with Gasteiger partial charge in [-0.05, 0) is 32.4 Å². The number of anilines is 1. The Labute approximate surface area is 110 Å². The maximum atomic E-state index is 11.6. The smallest absolute Gasteiger partial charge is 0.348 e. The minimum atomic E-state index is -0.529. The third-order valence-corrected chi connectivity index (χ3v) is 3.48. The molecule has 0 fully saturated rings. The maximum absolute atomic E-state index is 11.6. The normalized spacial score (nSPS) is 12.0. The molecule has 1 N–H and O–H groups in total. The molecule has 1 amide bonds. The first-order chi connectivity index (χ1) is 8.49. The zero-order valence-electron chi connectivity index (χ0n) is 10.9. The van der Waals surface area contributed by atoms with Crippen LogP contribution in [0.25, 0.3) is 0 Å². The molecule has 0 aliphatic heterocycles. The van der Waals surface area contributed by atoms with E-state index in [1.54, 1.807) is 26.8 Å². The predicted octanol–water partition coefficient (Wildman–Crippen LogP) is 2.21. The van der Waals surface area contributed by atoms with E-state index in [0.717, 1.165) is 5.56 Å². The highest BCUT2D eigenvalue weighted by atomic mass is 32.1. The van der Waals surface area contributed by atoms with Crippen LogP contribution in [0.4, 0.5) is 5.00 Å². The van der Waals surface area contributed by atoms with E-state index in [2.05, 4.69) is 5.32 Å². The number of methoxy groups -OCH3 is 1. The van der Waals surface area contributed by atoms with Gasteiger partial charge in [-0.3, -0.25) is 4.79 Å². The standard InChI is InChI=1S/C12H17NO4S/c1-5-17-12(15)10-7(2)6-9(18-10)13-11(14)8(3)16-4/h6,8H,5H2,1-4H3,(H,13,14). The van der Waals surface area contributed by atoms with Crippen LogP contribution in [0.15, 0.2) is 6.07 Å². The van der Waals surface area contributed by atoms with Crippen LogP contribution in [-0.4, -0.2) is 31.7 Å². The summed E-state index contributed by atoms with van der Waals surface area (Å²) in [5, 5.41) is 3.31. The molecule has 100 valence electrons. The summed E-state index contributed by atoms with van der Waals surface area (Å²) in [6.07, 6.45) is -0.529. The lowest BCUT2D eigenvalue weighted by Gasteiger charge is -2.08. The van der Waals surface area contributed by atoms with E-state index in [9.17, 15) is 9.59 Å². The first-order valence-corrected chi connectivity index (χ1v) is 6.42. The summed E-state index contributed by atoms with van der Waals surface area (Å²) >= 11 is 1.20. The van der Waals surface area contributed by atoms with Crippen molar-refractivity contribution >= 4 is 28.2 Å². The number of hydrogen-bond acceptors (Lipinski definition) is 5. The monoisotopic (exact) mass is 271 g/mol. The Bertz CT molecular complexity index is 441. The number of nitrogens with one attached hydrogen (secondary N) is 1. The lowest BCUT2D eigenvalue weighted by molar-refractivity contribution is -0.124. The molecule has 0 bridgehead atoms. The number of rotatable bonds is 5. The van der Waals surface area contributed by atoms with Crippen molar-refractivity contribution in [3.05, 3.63) is 16.5 Å². The second-order valence-electron chi connectivity index (χ2n) is 3.71. The molecule has 1 heterocycles. The Balaban J connectivity index is 2.78. The average Bonchev–Trinajstić information content (AvgIpc) is 2.69. The van der Waals surface area contributed by atoms with E-state index in [0.29, 0.717) is 16.5 Å². The van der Waals surface area contributed by atoms with Gasteiger partial charge >= 0.3 is 5.97 Å². The van der Waals surface area contributed by atoms with Gasteiger partial charge in [0.25, 0.3) is 5.91 Å². The Morgan fingerprint density at radius 1 is 1.50 bits per heavy atom. The van der Waals surface area contributed by atoms with Crippen LogP contribution in [-0.2, 0) is 14.3 Å². The Kier molecular flexibility index (Phi) is 5.30. The lowest BCUT2D eigenvalue weighted by Crippen LogP contribution is -2.26. The van der Waals surface area contributed by atoms with E-state index in [-0.39, 0.29) is 11.9 Å². The fourth-order valence-corrected chi connectivity index (χ4v) is 2.24. The molecule has 1 aromatic heterocycles. The van der Waals surface area contributed by atoms with E-state index in [1.807, 2.05) is 0 Å². The zero-order valence-corrected chi connectivity index (χ0v) is 11.7. The second-order valence-corrected chi connectivity index (χ2v) is 4.76. The summed E-state index contributed by atoms with van der Waals surface area (Å²) in [5.74, 6) is -0.602. The Morgan fingerprint density at radius 2 is 2.17 bits per heavy atom. The van der Waals surface area contributed by atoms with E-state index in [4.69, 9.17) is 9.47 Å². The minimum absolute atomic E-state index is 0.242. The van der Waals surface area contributed by atoms with Crippen molar-refractivity contribution in [2.45, 2.75) is 26.9 Å². The number of thiophene rings is 1. The number of hydrogen-bond donors (Lipinski definition) is 1. The van der Waals surface area contributed by atoms with Gasteiger partial charge in [0.15, 0.2) is 0 Å². The van der Waals surface area contributed by atoms with Gasteiger partial charge in [-0.15, -0.1) is 11.3 Å². The van der Waals surface area contributed by atoms with Crippen molar-refractivity contribution in [1.82, 2.24) is 0 Å². The molecule has 18 heavy (non-hydrogen) atoms. The average molecular weight is 271 g/mol. The fraction of sp³-hybridized carbons (Fsp3) is 0.500. The highest BCUT2D eigenvalue weighted by Gasteiger charge is 2.17. The van der Waals surface area contributed by atoms with Gasteiger partial charge in [-0.25, -0.2) is 4.79 Å². The van der Waals surface area contributed by atoms with Crippen LogP contribution in [0.3, 0.4) is 0 Å². The van der Waals surface area contributed by atoms with Crippen molar-refractivity contribution in [2.75, 3.05) is 19.0 Å². The largest absolute Gasteiger partial charge is 0.462 e. The number of amides is 1. The molecule has 0 aliphatic rings. The lowest BCUT2D eigenvalue weighted by atomic mass is 10.3. The molecular weight excluding hydrogens is 254 g/mol. The number of carbonyl (C=O) groups is 2. The van der Waals surface area contributed by atoms with Crippen molar-refractivity contribution in [3.8, 4) is 0 Å². The molecule has 0 saturated carbocycles.